The molecule has 3 aromatic carbocycles. The predicted octanol–water partition coefficient (Wildman–Crippen LogP) is 5.77. The van der Waals surface area contributed by atoms with E-state index in [0.717, 1.165) is 10.6 Å². The van der Waals surface area contributed by atoms with Gasteiger partial charge in [-0.1, -0.05) is 84.6 Å². The second-order valence-corrected chi connectivity index (χ2v) is 14.1. The molecule has 0 bridgehead atoms. The molecular formula is C25H31NO4P2S. The number of hydrogen-bond acceptors (Lipinski definition) is 5. The zero-order valence-electron chi connectivity index (χ0n) is 19.4. The second-order valence-electron chi connectivity index (χ2n) is 7.53. The molecule has 1 atom stereocenters. The summed E-state index contributed by atoms with van der Waals surface area (Å²) in [6, 6.07) is 27.3. The fourth-order valence-corrected chi connectivity index (χ4v) is 10.3. The molecule has 0 spiro atoms. The van der Waals surface area contributed by atoms with E-state index in [-0.39, 0.29) is 13.2 Å². The van der Waals surface area contributed by atoms with Crippen LogP contribution in [0.4, 0.5) is 0 Å². The highest BCUT2D eigenvalue weighted by atomic mass is 32.4. The van der Waals surface area contributed by atoms with Crippen molar-refractivity contribution in [3.05, 3.63) is 90.5 Å². The number of hydrogen-bond donors (Lipinski definition) is 1. The molecule has 0 heterocycles. The van der Waals surface area contributed by atoms with Crippen LogP contribution in [0.25, 0.3) is 0 Å². The van der Waals surface area contributed by atoms with E-state index in [1.165, 1.54) is 0 Å². The maximum Gasteiger partial charge on any atom is 0.355 e. The summed E-state index contributed by atoms with van der Waals surface area (Å²) in [7, 11) is -2.13. The first-order chi connectivity index (χ1) is 15.8. The lowest BCUT2D eigenvalue weighted by molar-refractivity contribution is 0.195. The Bertz CT molecular complexity index is 1090. The third-order valence-corrected chi connectivity index (χ3v) is 12.6. The topological polar surface area (TPSA) is 56.8 Å². The first-order valence-corrected chi connectivity index (χ1v) is 15.2. The summed E-state index contributed by atoms with van der Waals surface area (Å²) in [6.07, 6.45) is -2.67. The van der Waals surface area contributed by atoms with E-state index in [9.17, 15) is 4.57 Å². The molecule has 176 valence electrons. The lowest BCUT2D eigenvalue weighted by Crippen LogP contribution is -2.43. The third kappa shape index (κ3) is 5.33. The van der Waals surface area contributed by atoms with Gasteiger partial charge in [-0.25, -0.2) is 0 Å². The van der Waals surface area contributed by atoms with Gasteiger partial charge < -0.3 is 13.8 Å². The monoisotopic (exact) mass is 503 g/mol. The molecule has 0 saturated heterocycles. The Kier molecular flexibility index (Phi) is 8.69. The van der Waals surface area contributed by atoms with Gasteiger partial charge in [-0.15, -0.1) is 0 Å². The smallest absolute Gasteiger partial charge is 0.355 e. The molecule has 0 saturated carbocycles. The van der Waals surface area contributed by atoms with Crippen LogP contribution < -0.4 is 20.4 Å². The highest BCUT2D eigenvalue weighted by Crippen LogP contribution is 2.66. The van der Waals surface area contributed by atoms with Gasteiger partial charge in [0.15, 0.2) is 0 Å². The average molecular weight is 504 g/mol. The zero-order valence-corrected chi connectivity index (χ0v) is 22.0. The van der Waals surface area contributed by atoms with Crippen molar-refractivity contribution in [2.75, 3.05) is 20.3 Å². The quantitative estimate of drug-likeness (QED) is 0.336. The van der Waals surface area contributed by atoms with E-state index < -0.39 is 19.1 Å². The minimum atomic E-state index is -3.74. The first-order valence-electron chi connectivity index (χ1n) is 10.9. The fraction of sp³-hybridized carbons (Fsp3) is 0.280. The van der Waals surface area contributed by atoms with Crippen LogP contribution in [-0.2, 0) is 30.7 Å². The number of benzene rings is 3. The molecule has 0 aliphatic heterocycles. The molecule has 3 rings (SSSR count). The van der Waals surface area contributed by atoms with Crippen molar-refractivity contribution < 1.29 is 18.3 Å². The van der Waals surface area contributed by atoms with E-state index in [1.807, 2.05) is 106 Å². The van der Waals surface area contributed by atoms with Crippen molar-refractivity contribution in [2.45, 2.75) is 26.1 Å². The van der Waals surface area contributed by atoms with Crippen LogP contribution >= 0.6 is 13.8 Å². The molecule has 0 aliphatic carbocycles. The Morgan fingerprint density at radius 2 is 1.36 bits per heavy atom. The first kappa shape index (κ1) is 25.8. The van der Waals surface area contributed by atoms with E-state index >= 15 is 0 Å². The average Bonchev–Trinajstić information content (AvgIpc) is 2.85. The Morgan fingerprint density at radius 3 is 1.82 bits per heavy atom. The molecule has 33 heavy (non-hydrogen) atoms. The van der Waals surface area contributed by atoms with Gasteiger partial charge in [0.25, 0.3) is 0 Å². The molecule has 0 aliphatic rings. The van der Waals surface area contributed by atoms with Crippen molar-refractivity contribution in [2.24, 2.45) is 0 Å². The third-order valence-electron chi connectivity index (χ3n) is 5.39. The van der Waals surface area contributed by atoms with Gasteiger partial charge in [0.05, 0.1) is 26.5 Å². The summed E-state index contributed by atoms with van der Waals surface area (Å²) in [5.41, 5.74) is 0.716. The van der Waals surface area contributed by atoms with Crippen LogP contribution in [0.2, 0.25) is 0 Å². The van der Waals surface area contributed by atoms with E-state index in [4.69, 9.17) is 25.6 Å². The molecule has 0 fully saturated rings. The van der Waals surface area contributed by atoms with Gasteiger partial charge in [-0.3, -0.25) is 9.65 Å². The molecule has 8 heteroatoms. The van der Waals surface area contributed by atoms with Gasteiger partial charge in [-0.05, 0) is 38.5 Å². The van der Waals surface area contributed by atoms with Gasteiger partial charge in [0.1, 0.15) is 11.0 Å². The second kappa shape index (κ2) is 11.1. The van der Waals surface area contributed by atoms with Gasteiger partial charge >= 0.3 is 7.60 Å². The van der Waals surface area contributed by atoms with E-state index in [0.29, 0.717) is 11.3 Å². The van der Waals surface area contributed by atoms with Crippen LogP contribution in [0, 0.1) is 0 Å². The summed E-state index contributed by atoms with van der Waals surface area (Å²) in [5, 5.41) is 4.35. The lowest BCUT2D eigenvalue weighted by Gasteiger charge is -2.41. The van der Waals surface area contributed by atoms with Crippen molar-refractivity contribution in [1.29, 1.82) is 0 Å². The van der Waals surface area contributed by atoms with Gasteiger partial charge in [0, 0.05) is 10.6 Å². The van der Waals surface area contributed by atoms with Crippen LogP contribution in [-0.4, -0.2) is 20.3 Å². The molecule has 0 radical (unpaired) electrons. The van der Waals surface area contributed by atoms with Crippen molar-refractivity contribution in [3.8, 4) is 5.75 Å². The molecule has 0 unspecified atom stereocenters. The highest BCUT2D eigenvalue weighted by molar-refractivity contribution is 8.21. The number of rotatable bonds is 11. The Labute approximate surface area is 202 Å². The molecular weight excluding hydrogens is 472 g/mol. The summed E-state index contributed by atoms with van der Waals surface area (Å²) < 4.78 is 31.6. The van der Waals surface area contributed by atoms with Crippen molar-refractivity contribution >= 4 is 36.2 Å². The summed E-state index contributed by atoms with van der Waals surface area (Å²) in [4.78, 5) is 0. The summed E-state index contributed by atoms with van der Waals surface area (Å²) in [5.74, 6) is 0.646. The Morgan fingerprint density at radius 1 is 0.848 bits per heavy atom. The van der Waals surface area contributed by atoms with Crippen LogP contribution in [0.3, 0.4) is 0 Å². The fourth-order valence-electron chi connectivity index (χ4n) is 3.71. The highest BCUT2D eigenvalue weighted by Gasteiger charge is 2.51. The van der Waals surface area contributed by atoms with Crippen LogP contribution in [0.15, 0.2) is 84.9 Å². The molecule has 5 nitrogen and oxygen atoms in total. The van der Waals surface area contributed by atoms with Gasteiger partial charge in [0.2, 0.25) is 0 Å². The molecule has 0 amide bonds. The lowest BCUT2D eigenvalue weighted by atomic mass is 10.1. The predicted molar refractivity (Wildman–Crippen MR) is 141 cm³/mol. The molecule has 1 N–H and O–H groups in total. The van der Waals surface area contributed by atoms with E-state index in [2.05, 4.69) is 5.09 Å². The largest absolute Gasteiger partial charge is 0.497 e. The zero-order chi connectivity index (χ0) is 24.0. The minimum Gasteiger partial charge on any atom is -0.497 e. The number of ether oxygens (including phenoxy) is 1. The Balaban J connectivity index is 2.29. The summed E-state index contributed by atoms with van der Waals surface area (Å²) in [6.45, 7) is 5.93. The maximum absolute atomic E-state index is 14.4. The minimum absolute atomic E-state index is 0.234. The molecule has 0 aromatic heterocycles. The summed E-state index contributed by atoms with van der Waals surface area (Å²) >= 11 is 6.42. The standard InChI is InChI=1S/C25H31NO4P2S/c1-5-29-32(27,30-6-2)25(3,21-14-13-15-22(20-21)28-4)26-31(33,23-16-9-7-10-17-23)24-18-11-8-12-19-24/h7-20H,5-6H2,1-4H3,(H,26,33)/t25-/m1/s1. The van der Waals surface area contributed by atoms with Crippen molar-refractivity contribution in [1.82, 2.24) is 5.09 Å². The van der Waals surface area contributed by atoms with E-state index in [1.54, 1.807) is 7.11 Å². The number of nitrogens with one attached hydrogen (secondary N) is 1. The van der Waals surface area contributed by atoms with Crippen LogP contribution in [0.1, 0.15) is 26.3 Å². The number of methoxy groups -OCH3 is 1. The van der Waals surface area contributed by atoms with Crippen LogP contribution in [0.5, 0.6) is 5.75 Å². The normalized spacial score (nSPS) is 13.9. The molecule has 3 aromatic rings. The van der Waals surface area contributed by atoms with Gasteiger partial charge in [-0.2, -0.15) is 0 Å². The Hall–Kier alpha value is -1.78. The SMILES string of the molecule is CCOP(=O)(OCC)[C@@](C)(NP(=S)(c1ccccc1)c1ccccc1)c1cccc(OC)c1. The maximum atomic E-state index is 14.4. The van der Waals surface area contributed by atoms with Crippen molar-refractivity contribution in [3.63, 3.8) is 0 Å².